The van der Waals surface area contributed by atoms with Gasteiger partial charge in [0.15, 0.2) is 0 Å². The van der Waals surface area contributed by atoms with Crippen LogP contribution in [0.5, 0.6) is 0 Å². The van der Waals surface area contributed by atoms with E-state index in [-0.39, 0.29) is 0 Å². The number of ether oxygens (including phenoxy) is 1. The van der Waals surface area contributed by atoms with Gasteiger partial charge in [0, 0.05) is 32.7 Å². The molecule has 92 valence electrons. The maximum absolute atomic E-state index is 5.24. The summed E-state index contributed by atoms with van der Waals surface area (Å²) in [6.07, 6.45) is 12.1. The van der Waals surface area contributed by atoms with Crippen molar-refractivity contribution in [3.63, 3.8) is 0 Å². The quantitative estimate of drug-likeness (QED) is 0.603. The van der Waals surface area contributed by atoms with Crippen LogP contribution in [-0.2, 0) is 11.3 Å². The molecule has 0 bridgehead atoms. The number of hydrogen-bond donors (Lipinski definition) is 0. The van der Waals surface area contributed by atoms with E-state index in [0.29, 0.717) is 0 Å². The lowest BCUT2D eigenvalue weighted by atomic mass is 9.98. The largest absolute Gasteiger partial charge is 0.384 e. The van der Waals surface area contributed by atoms with E-state index >= 15 is 0 Å². The first-order valence-corrected chi connectivity index (χ1v) is 6.31. The molecule has 1 atom stereocenters. The Morgan fingerprint density at radius 3 is 2.81 bits per heavy atom. The van der Waals surface area contributed by atoms with Crippen molar-refractivity contribution in [2.45, 2.75) is 45.6 Å². The Bertz CT molecular complexity index is 240. The Morgan fingerprint density at radius 1 is 1.31 bits per heavy atom. The zero-order chi connectivity index (χ0) is 11.6. The first-order valence-electron chi connectivity index (χ1n) is 6.31. The smallest absolute Gasteiger partial charge is 0.0945 e. The fourth-order valence-electron chi connectivity index (χ4n) is 2.10. The van der Waals surface area contributed by atoms with E-state index < -0.39 is 0 Å². The van der Waals surface area contributed by atoms with E-state index in [0.717, 1.165) is 19.1 Å². The molecule has 0 saturated heterocycles. The third-order valence-electron chi connectivity index (χ3n) is 2.94. The minimum absolute atomic E-state index is 0.748. The van der Waals surface area contributed by atoms with Gasteiger partial charge in [-0.25, -0.2) is 4.98 Å². The third kappa shape index (κ3) is 5.31. The van der Waals surface area contributed by atoms with Gasteiger partial charge in [-0.05, 0) is 25.2 Å². The fraction of sp³-hybridized carbons (Fsp3) is 0.769. The number of methoxy groups -OCH3 is 1. The van der Waals surface area contributed by atoms with Crippen LogP contribution < -0.4 is 0 Å². The molecular formula is C13H24N2O. The van der Waals surface area contributed by atoms with Gasteiger partial charge >= 0.3 is 0 Å². The van der Waals surface area contributed by atoms with Crippen LogP contribution in [0, 0.1) is 5.92 Å². The summed E-state index contributed by atoms with van der Waals surface area (Å²) in [7, 11) is 1.80. The zero-order valence-electron chi connectivity index (χ0n) is 10.6. The summed E-state index contributed by atoms with van der Waals surface area (Å²) in [6, 6.07) is 0. The van der Waals surface area contributed by atoms with Gasteiger partial charge in [0.1, 0.15) is 0 Å². The van der Waals surface area contributed by atoms with Crippen molar-refractivity contribution in [2.75, 3.05) is 13.7 Å². The average molecular weight is 224 g/mol. The molecule has 0 amide bonds. The molecule has 0 aliphatic rings. The summed E-state index contributed by atoms with van der Waals surface area (Å²) < 4.78 is 7.39. The minimum Gasteiger partial charge on any atom is -0.384 e. The number of aromatic nitrogens is 2. The van der Waals surface area contributed by atoms with Crippen LogP contribution in [0.3, 0.4) is 0 Å². The van der Waals surface area contributed by atoms with Crippen LogP contribution in [0.1, 0.15) is 39.0 Å². The Labute approximate surface area is 98.8 Å². The first kappa shape index (κ1) is 13.2. The summed E-state index contributed by atoms with van der Waals surface area (Å²) >= 11 is 0. The minimum atomic E-state index is 0.748. The van der Waals surface area contributed by atoms with E-state index in [2.05, 4.69) is 16.5 Å². The highest BCUT2D eigenvalue weighted by atomic mass is 16.5. The first-order chi connectivity index (χ1) is 7.86. The molecule has 0 unspecified atom stereocenters. The highest BCUT2D eigenvalue weighted by Crippen LogP contribution is 2.15. The Morgan fingerprint density at radius 2 is 2.19 bits per heavy atom. The predicted octanol–water partition coefficient (Wildman–Crippen LogP) is 3.12. The summed E-state index contributed by atoms with van der Waals surface area (Å²) in [5.41, 5.74) is 0. The van der Waals surface area contributed by atoms with Crippen LogP contribution >= 0.6 is 0 Å². The van der Waals surface area contributed by atoms with Crippen LogP contribution in [0.25, 0.3) is 0 Å². The summed E-state index contributed by atoms with van der Waals surface area (Å²) in [5.74, 6) is 0.748. The molecule has 0 fully saturated rings. The average Bonchev–Trinajstić information content (AvgIpc) is 2.78. The topological polar surface area (TPSA) is 27.1 Å². The monoisotopic (exact) mass is 224 g/mol. The van der Waals surface area contributed by atoms with Crippen molar-refractivity contribution < 1.29 is 4.74 Å². The molecule has 1 rings (SSSR count). The molecular weight excluding hydrogens is 200 g/mol. The number of aryl methyl sites for hydroxylation is 1. The number of imidazole rings is 1. The molecule has 0 spiro atoms. The lowest BCUT2D eigenvalue weighted by Gasteiger charge is -2.14. The van der Waals surface area contributed by atoms with Gasteiger partial charge in [-0.2, -0.15) is 0 Å². The summed E-state index contributed by atoms with van der Waals surface area (Å²) in [5, 5.41) is 0. The van der Waals surface area contributed by atoms with Gasteiger partial charge in [-0.15, -0.1) is 0 Å². The van der Waals surface area contributed by atoms with Crippen molar-refractivity contribution in [1.82, 2.24) is 9.55 Å². The Kier molecular flexibility index (Phi) is 6.90. The molecule has 0 radical (unpaired) electrons. The molecule has 0 aromatic carbocycles. The van der Waals surface area contributed by atoms with Crippen LogP contribution in [0.15, 0.2) is 18.7 Å². The molecule has 3 heteroatoms. The van der Waals surface area contributed by atoms with Gasteiger partial charge < -0.3 is 9.30 Å². The zero-order valence-corrected chi connectivity index (χ0v) is 10.6. The number of nitrogens with zero attached hydrogens (tertiary/aromatic N) is 2. The maximum Gasteiger partial charge on any atom is 0.0945 e. The molecule has 1 heterocycles. The second-order valence-corrected chi connectivity index (χ2v) is 4.41. The molecule has 3 nitrogen and oxygen atoms in total. The number of unbranched alkanes of at least 4 members (excludes halogenated alkanes) is 1. The van der Waals surface area contributed by atoms with E-state index in [1.807, 2.05) is 18.7 Å². The lowest BCUT2D eigenvalue weighted by Crippen LogP contribution is -2.08. The van der Waals surface area contributed by atoms with Gasteiger partial charge in [-0.3, -0.25) is 0 Å². The van der Waals surface area contributed by atoms with E-state index in [9.17, 15) is 0 Å². The van der Waals surface area contributed by atoms with Crippen molar-refractivity contribution in [3.8, 4) is 0 Å². The number of hydrogen-bond acceptors (Lipinski definition) is 2. The van der Waals surface area contributed by atoms with E-state index in [4.69, 9.17) is 4.74 Å². The highest BCUT2D eigenvalue weighted by molar-refractivity contribution is 4.73. The van der Waals surface area contributed by atoms with Crippen LogP contribution in [0.2, 0.25) is 0 Å². The van der Waals surface area contributed by atoms with E-state index in [1.54, 1.807) is 7.11 Å². The van der Waals surface area contributed by atoms with Crippen molar-refractivity contribution in [3.05, 3.63) is 18.7 Å². The number of rotatable bonds is 9. The van der Waals surface area contributed by atoms with E-state index in [1.165, 1.54) is 32.1 Å². The lowest BCUT2D eigenvalue weighted by molar-refractivity contribution is 0.141. The molecule has 0 N–H and O–H groups in total. The second kappa shape index (κ2) is 8.34. The third-order valence-corrected chi connectivity index (χ3v) is 2.94. The van der Waals surface area contributed by atoms with Crippen LogP contribution in [0.4, 0.5) is 0 Å². The standard InChI is InChI=1S/C13H24N2O/c1-3-6-13(11-16-2)7-4-5-9-15-10-8-14-12-15/h8,10,12-13H,3-7,9,11H2,1-2H3/t13-/m1/s1. The molecule has 1 aromatic heterocycles. The van der Waals surface area contributed by atoms with Gasteiger partial charge in [0.05, 0.1) is 6.33 Å². The van der Waals surface area contributed by atoms with Crippen molar-refractivity contribution >= 4 is 0 Å². The molecule has 0 aliphatic carbocycles. The fourth-order valence-corrected chi connectivity index (χ4v) is 2.10. The summed E-state index contributed by atoms with van der Waals surface area (Å²) in [4.78, 5) is 4.04. The molecule has 0 saturated carbocycles. The predicted molar refractivity (Wildman–Crippen MR) is 66.4 cm³/mol. The highest BCUT2D eigenvalue weighted by Gasteiger charge is 2.06. The van der Waals surface area contributed by atoms with Gasteiger partial charge in [0.25, 0.3) is 0 Å². The Hall–Kier alpha value is -0.830. The summed E-state index contributed by atoms with van der Waals surface area (Å²) in [6.45, 7) is 4.25. The molecule has 16 heavy (non-hydrogen) atoms. The SMILES string of the molecule is CCC[C@H](CCCCn1ccnc1)COC. The molecule has 1 aromatic rings. The maximum atomic E-state index is 5.24. The van der Waals surface area contributed by atoms with Crippen LogP contribution in [-0.4, -0.2) is 23.3 Å². The molecule has 0 aliphatic heterocycles. The van der Waals surface area contributed by atoms with Gasteiger partial charge in [-0.1, -0.05) is 19.8 Å². The van der Waals surface area contributed by atoms with Crippen molar-refractivity contribution in [1.29, 1.82) is 0 Å². The van der Waals surface area contributed by atoms with Crippen molar-refractivity contribution in [2.24, 2.45) is 5.92 Å². The second-order valence-electron chi connectivity index (χ2n) is 4.41. The normalized spacial score (nSPS) is 12.9. The Balaban J connectivity index is 2.08. The van der Waals surface area contributed by atoms with Gasteiger partial charge in [0.2, 0.25) is 0 Å².